The molecule has 2 heterocycles. The maximum absolute atomic E-state index is 11.1. The van der Waals surface area contributed by atoms with Crippen molar-refractivity contribution in [2.45, 2.75) is 13.8 Å². The number of hydrogen-bond acceptors (Lipinski definition) is 4. The minimum atomic E-state index is -1.03. The number of rotatable bonds is 2. The molecule has 6 heteroatoms. The molecule has 0 amide bonds. The number of hydrogen-bond donors (Lipinski definition) is 1. The van der Waals surface area contributed by atoms with Gasteiger partial charge in [-0.25, -0.2) is 9.78 Å². The second-order valence-electron chi connectivity index (χ2n) is 3.44. The zero-order valence-corrected chi connectivity index (χ0v) is 9.18. The van der Waals surface area contributed by atoms with Crippen molar-refractivity contribution in [3.63, 3.8) is 0 Å². The summed E-state index contributed by atoms with van der Waals surface area (Å²) < 4.78 is 6.52. The van der Waals surface area contributed by atoms with E-state index in [0.717, 1.165) is 0 Å². The van der Waals surface area contributed by atoms with Gasteiger partial charge in [0.2, 0.25) is 5.88 Å². The predicted molar refractivity (Wildman–Crippen MR) is 56.0 cm³/mol. The van der Waals surface area contributed by atoms with Crippen molar-refractivity contribution < 1.29 is 14.6 Å². The molecule has 2 aromatic heterocycles. The van der Waals surface area contributed by atoms with Gasteiger partial charge in [-0.05, 0) is 13.8 Å². The Bertz CT molecular complexity index is 574. The molecule has 0 aliphatic carbocycles. The average Bonchev–Trinajstić information content (AvgIpc) is 2.52. The summed E-state index contributed by atoms with van der Waals surface area (Å²) in [5.41, 5.74) is 1.53. The SMILES string of the molecule is COc1cc(C)nc2c(C(=O)O)c(C)nn12. The van der Waals surface area contributed by atoms with Gasteiger partial charge in [-0.3, -0.25) is 0 Å². The van der Waals surface area contributed by atoms with Gasteiger partial charge in [0.15, 0.2) is 5.65 Å². The standard InChI is InChI=1S/C10H11N3O3/c1-5-4-7(16-3)13-9(11-5)8(10(14)15)6(2)12-13/h4H,1-3H3,(H,14,15). The Hall–Kier alpha value is -2.11. The van der Waals surface area contributed by atoms with Gasteiger partial charge in [0.05, 0.1) is 12.8 Å². The number of carboxylic acid groups (broad SMARTS) is 1. The Labute approximate surface area is 91.5 Å². The van der Waals surface area contributed by atoms with E-state index in [1.807, 2.05) is 0 Å². The number of nitrogens with zero attached hydrogens (tertiary/aromatic N) is 3. The predicted octanol–water partition coefficient (Wildman–Crippen LogP) is 1.05. The molecular formula is C10H11N3O3. The molecule has 0 aliphatic rings. The third kappa shape index (κ3) is 1.39. The highest BCUT2D eigenvalue weighted by molar-refractivity contribution is 5.95. The number of aromatic nitrogens is 3. The second-order valence-corrected chi connectivity index (χ2v) is 3.44. The first-order chi connectivity index (χ1) is 7.54. The molecular weight excluding hydrogens is 210 g/mol. The topological polar surface area (TPSA) is 76.7 Å². The van der Waals surface area contributed by atoms with Crippen LogP contribution in [0, 0.1) is 13.8 Å². The molecule has 0 saturated carbocycles. The first kappa shape index (κ1) is 10.4. The lowest BCUT2D eigenvalue weighted by Gasteiger charge is -2.03. The van der Waals surface area contributed by atoms with Crippen LogP contribution in [0.25, 0.3) is 5.65 Å². The normalized spacial score (nSPS) is 10.7. The molecule has 6 nitrogen and oxygen atoms in total. The molecule has 0 atom stereocenters. The fraction of sp³-hybridized carbons (Fsp3) is 0.300. The van der Waals surface area contributed by atoms with Crippen molar-refractivity contribution in [2.24, 2.45) is 0 Å². The maximum Gasteiger partial charge on any atom is 0.341 e. The van der Waals surface area contributed by atoms with Crippen LogP contribution in [0.4, 0.5) is 0 Å². The smallest absolute Gasteiger partial charge is 0.341 e. The van der Waals surface area contributed by atoms with Crippen LogP contribution in [0.2, 0.25) is 0 Å². The van der Waals surface area contributed by atoms with Crippen molar-refractivity contribution >= 4 is 11.6 Å². The molecule has 0 spiro atoms. The summed E-state index contributed by atoms with van der Waals surface area (Å²) in [6, 6.07) is 1.70. The van der Waals surface area contributed by atoms with Gasteiger partial charge < -0.3 is 9.84 Å². The van der Waals surface area contributed by atoms with Gasteiger partial charge >= 0.3 is 5.97 Å². The van der Waals surface area contributed by atoms with E-state index in [9.17, 15) is 4.79 Å². The van der Waals surface area contributed by atoms with Crippen molar-refractivity contribution in [2.75, 3.05) is 7.11 Å². The van der Waals surface area contributed by atoms with Crippen LogP contribution in [0.3, 0.4) is 0 Å². The summed E-state index contributed by atoms with van der Waals surface area (Å²) in [6.45, 7) is 3.41. The molecule has 16 heavy (non-hydrogen) atoms. The summed E-state index contributed by atoms with van der Waals surface area (Å²) in [5.74, 6) is -0.564. The Morgan fingerprint density at radius 2 is 2.19 bits per heavy atom. The van der Waals surface area contributed by atoms with E-state index in [4.69, 9.17) is 9.84 Å². The molecule has 2 rings (SSSR count). The van der Waals surface area contributed by atoms with Gasteiger partial charge in [0.25, 0.3) is 0 Å². The Balaban J connectivity index is 2.89. The third-order valence-electron chi connectivity index (χ3n) is 2.28. The lowest BCUT2D eigenvalue weighted by Crippen LogP contribution is -2.02. The van der Waals surface area contributed by atoms with Crippen molar-refractivity contribution in [1.82, 2.24) is 14.6 Å². The summed E-state index contributed by atoms with van der Waals surface area (Å²) in [7, 11) is 1.51. The quantitative estimate of drug-likeness (QED) is 0.820. The van der Waals surface area contributed by atoms with Gasteiger partial charge in [-0.15, -0.1) is 0 Å². The highest BCUT2D eigenvalue weighted by Gasteiger charge is 2.19. The lowest BCUT2D eigenvalue weighted by molar-refractivity contribution is 0.0698. The van der Waals surface area contributed by atoms with E-state index in [-0.39, 0.29) is 5.56 Å². The summed E-state index contributed by atoms with van der Waals surface area (Å²) in [4.78, 5) is 15.2. The molecule has 2 aromatic rings. The first-order valence-electron chi connectivity index (χ1n) is 4.69. The molecule has 0 saturated heterocycles. The fourth-order valence-corrected chi connectivity index (χ4v) is 1.61. The van der Waals surface area contributed by atoms with Crippen molar-refractivity contribution in [3.05, 3.63) is 23.0 Å². The van der Waals surface area contributed by atoms with Gasteiger partial charge in [0.1, 0.15) is 5.56 Å². The molecule has 84 valence electrons. The van der Waals surface area contributed by atoms with Crippen LogP contribution < -0.4 is 4.74 Å². The van der Waals surface area contributed by atoms with E-state index < -0.39 is 5.97 Å². The Morgan fingerprint density at radius 3 is 2.75 bits per heavy atom. The number of carbonyl (C=O) groups is 1. The number of aryl methyl sites for hydroxylation is 2. The molecule has 0 unspecified atom stereocenters. The van der Waals surface area contributed by atoms with Crippen LogP contribution in [0.1, 0.15) is 21.7 Å². The molecule has 0 aliphatic heterocycles. The molecule has 0 fully saturated rings. The lowest BCUT2D eigenvalue weighted by atomic mass is 10.2. The molecule has 0 bridgehead atoms. The number of carboxylic acids is 1. The number of fused-ring (bicyclic) bond motifs is 1. The van der Waals surface area contributed by atoms with Crippen LogP contribution in [-0.2, 0) is 0 Å². The monoisotopic (exact) mass is 221 g/mol. The van der Waals surface area contributed by atoms with Crippen LogP contribution in [0.15, 0.2) is 6.07 Å². The average molecular weight is 221 g/mol. The van der Waals surface area contributed by atoms with E-state index >= 15 is 0 Å². The van der Waals surface area contributed by atoms with E-state index in [1.54, 1.807) is 19.9 Å². The second kappa shape index (κ2) is 3.48. The fourth-order valence-electron chi connectivity index (χ4n) is 1.61. The summed E-state index contributed by atoms with van der Waals surface area (Å²) in [6.07, 6.45) is 0. The summed E-state index contributed by atoms with van der Waals surface area (Å²) in [5, 5.41) is 13.2. The third-order valence-corrected chi connectivity index (χ3v) is 2.28. The zero-order valence-electron chi connectivity index (χ0n) is 9.18. The van der Waals surface area contributed by atoms with Crippen molar-refractivity contribution in [1.29, 1.82) is 0 Å². The number of aromatic carboxylic acids is 1. The first-order valence-corrected chi connectivity index (χ1v) is 4.69. The zero-order chi connectivity index (χ0) is 11.9. The van der Waals surface area contributed by atoms with Crippen LogP contribution >= 0.6 is 0 Å². The Morgan fingerprint density at radius 1 is 1.50 bits per heavy atom. The van der Waals surface area contributed by atoms with E-state index in [1.165, 1.54) is 11.6 Å². The van der Waals surface area contributed by atoms with Crippen LogP contribution in [0.5, 0.6) is 5.88 Å². The molecule has 0 radical (unpaired) electrons. The molecule has 1 N–H and O–H groups in total. The van der Waals surface area contributed by atoms with E-state index in [2.05, 4.69) is 10.1 Å². The van der Waals surface area contributed by atoms with Crippen LogP contribution in [-0.4, -0.2) is 32.8 Å². The Kier molecular flexibility index (Phi) is 2.26. The van der Waals surface area contributed by atoms with Gasteiger partial charge in [-0.1, -0.05) is 0 Å². The number of ether oxygens (including phenoxy) is 1. The summed E-state index contributed by atoms with van der Waals surface area (Å²) >= 11 is 0. The number of methoxy groups -OCH3 is 1. The van der Waals surface area contributed by atoms with Crippen molar-refractivity contribution in [3.8, 4) is 5.88 Å². The van der Waals surface area contributed by atoms with E-state index in [0.29, 0.717) is 22.9 Å². The van der Waals surface area contributed by atoms with Gasteiger partial charge in [-0.2, -0.15) is 9.61 Å². The minimum absolute atomic E-state index is 0.113. The minimum Gasteiger partial charge on any atom is -0.481 e. The highest BCUT2D eigenvalue weighted by Crippen LogP contribution is 2.20. The highest BCUT2D eigenvalue weighted by atomic mass is 16.5. The maximum atomic E-state index is 11.1. The van der Waals surface area contributed by atoms with Gasteiger partial charge in [0, 0.05) is 11.8 Å². The molecule has 0 aromatic carbocycles. The largest absolute Gasteiger partial charge is 0.481 e.